The molecule has 0 heterocycles. The molecule has 0 bridgehead atoms. The van der Waals surface area contributed by atoms with E-state index >= 15 is 0 Å². The Morgan fingerprint density at radius 3 is 1.35 bits per heavy atom. The van der Waals surface area contributed by atoms with Crippen LogP contribution in [-0.4, -0.2) is 47.0 Å². The Morgan fingerprint density at radius 1 is 0.769 bits per heavy atom. The summed E-state index contributed by atoms with van der Waals surface area (Å²) in [4.78, 5) is 0. The lowest BCUT2D eigenvalue weighted by atomic mass is 9.90. The zero-order chi connectivity index (χ0) is 19.8. The van der Waals surface area contributed by atoms with E-state index in [4.69, 9.17) is 24.4 Å². The third-order valence-corrected chi connectivity index (χ3v) is 11.1. The molecule has 1 aliphatic carbocycles. The Kier molecular flexibility index (Phi) is 10.1. The number of rotatable bonds is 8. The molecule has 0 radical (unpaired) electrons. The smallest absolute Gasteiger partial charge is 0.172 e. The topological polar surface area (TPSA) is 82.3 Å². The molecule has 1 saturated carbocycles. The van der Waals surface area contributed by atoms with Crippen molar-refractivity contribution in [2.75, 3.05) is 24.6 Å². The molecule has 0 aromatic carbocycles. The molecule has 2 unspecified atom stereocenters. The summed E-state index contributed by atoms with van der Waals surface area (Å²) in [6, 6.07) is 0.210. The summed E-state index contributed by atoms with van der Waals surface area (Å²) in [5, 5.41) is 13.6. The van der Waals surface area contributed by atoms with Gasteiger partial charge >= 0.3 is 0 Å². The van der Waals surface area contributed by atoms with Crippen LogP contribution in [0.15, 0.2) is 0 Å². The van der Waals surface area contributed by atoms with Crippen LogP contribution in [0.3, 0.4) is 0 Å². The van der Waals surface area contributed by atoms with Gasteiger partial charge in [-0.2, -0.15) is 0 Å². The highest BCUT2D eigenvalue weighted by Gasteiger charge is 2.28. The molecule has 10 heteroatoms. The van der Waals surface area contributed by atoms with Gasteiger partial charge in [0, 0.05) is 36.7 Å². The van der Waals surface area contributed by atoms with Gasteiger partial charge in [0.25, 0.3) is 0 Å². The standard InChI is InChI=1S/C16H34N4O2P2S2/c1-5-23(21,6-2)19-15(25)17-13-11-9-10-12-14(13)18-16(26)20-24(22,7-3)8-4/h13-14H,5-12H2,1-4H3,(H2,17,19,21,25)(H2,18,20,22,26). The van der Waals surface area contributed by atoms with Crippen LogP contribution < -0.4 is 20.8 Å². The predicted octanol–water partition coefficient (Wildman–Crippen LogP) is 3.86. The fourth-order valence-electron chi connectivity index (χ4n) is 3.01. The normalized spacial score (nSPS) is 20.9. The maximum atomic E-state index is 12.6. The van der Waals surface area contributed by atoms with Gasteiger partial charge in [0.05, 0.1) is 0 Å². The highest BCUT2D eigenvalue weighted by molar-refractivity contribution is 7.81. The van der Waals surface area contributed by atoms with Crippen LogP contribution >= 0.6 is 39.0 Å². The van der Waals surface area contributed by atoms with E-state index in [9.17, 15) is 9.13 Å². The van der Waals surface area contributed by atoms with Gasteiger partial charge in [-0.25, -0.2) is 0 Å². The maximum Gasteiger partial charge on any atom is 0.172 e. The Bertz CT molecular complexity index is 523. The monoisotopic (exact) mass is 440 g/mol. The number of hydrogen-bond donors (Lipinski definition) is 4. The van der Waals surface area contributed by atoms with E-state index in [2.05, 4.69) is 20.8 Å². The lowest BCUT2D eigenvalue weighted by Gasteiger charge is -2.35. The molecular weight excluding hydrogens is 406 g/mol. The van der Waals surface area contributed by atoms with Gasteiger partial charge in [-0.1, -0.05) is 40.5 Å². The van der Waals surface area contributed by atoms with Crippen LogP contribution in [0, 0.1) is 0 Å². The van der Waals surface area contributed by atoms with Crippen molar-refractivity contribution in [1.29, 1.82) is 0 Å². The molecule has 1 fully saturated rings. The minimum Gasteiger partial charge on any atom is -0.358 e. The second-order valence-electron chi connectivity index (χ2n) is 6.71. The van der Waals surface area contributed by atoms with E-state index < -0.39 is 14.6 Å². The molecule has 0 aromatic heterocycles. The summed E-state index contributed by atoms with van der Waals surface area (Å²) in [7, 11) is -4.88. The van der Waals surface area contributed by atoms with Crippen molar-refractivity contribution in [2.45, 2.75) is 65.5 Å². The lowest BCUT2D eigenvalue weighted by molar-refractivity contribution is 0.338. The Hall–Kier alpha value is -0.160. The average molecular weight is 441 g/mol. The molecule has 6 nitrogen and oxygen atoms in total. The van der Waals surface area contributed by atoms with Crippen molar-refractivity contribution in [2.24, 2.45) is 0 Å². The second-order valence-corrected chi connectivity index (χ2v) is 14.1. The Labute approximate surface area is 169 Å². The largest absolute Gasteiger partial charge is 0.358 e. The van der Waals surface area contributed by atoms with Crippen LogP contribution in [0.1, 0.15) is 53.4 Å². The predicted molar refractivity (Wildman–Crippen MR) is 121 cm³/mol. The first-order valence-electron chi connectivity index (χ1n) is 9.54. The molecule has 26 heavy (non-hydrogen) atoms. The van der Waals surface area contributed by atoms with Crippen LogP contribution in [-0.2, 0) is 9.13 Å². The first-order chi connectivity index (χ1) is 12.2. The van der Waals surface area contributed by atoms with Crippen LogP contribution in [0.4, 0.5) is 0 Å². The van der Waals surface area contributed by atoms with Crippen molar-refractivity contribution in [1.82, 2.24) is 20.8 Å². The van der Waals surface area contributed by atoms with Crippen molar-refractivity contribution < 1.29 is 9.13 Å². The van der Waals surface area contributed by atoms with Gasteiger partial charge in [-0.05, 0) is 37.3 Å². The van der Waals surface area contributed by atoms with E-state index in [1.807, 2.05) is 27.7 Å². The van der Waals surface area contributed by atoms with Crippen LogP contribution in [0.2, 0.25) is 0 Å². The zero-order valence-electron chi connectivity index (χ0n) is 16.3. The highest BCUT2D eigenvalue weighted by Crippen LogP contribution is 2.40. The third kappa shape index (κ3) is 7.46. The fraction of sp³-hybridized carbons (Fsp3) is 0.875. The first kappa shape index (κ1) is 23.9. The molecule has 4 N–H and O–H groups in total. The minimum absolute atomic E-state index is 0.105. The fourth-order valence-corrected chi connectivity index (χ4v) is 6.71. The van der Waals surface area contributed by atoms with Gasteiger partial charge in [0.15, 0.2) is 24.8 Å². The van der Waals surface area contributed by atoms with E-state index in [1.165, 1.54) is 0 Å². The summed E-state index contributed by atoms with van der Waals surface area (Å²) in [6.45, 7) is 7.65. The van der Waals surface area contributed by atoms with Gasteiger partial charge < -0.3 is 29.9 Å². The maximum absolute atomic E-state index is 12.6. The van der Waals surface area contributed by atoms with Crippen molar-refractivity contribution in [3.05, 3.63) is 0 Å². The van der Waals surface area contributed by atoms with Crippen molar-refractivity contribution >= 4 is 49.2 Å². The lowest BCUT2D eigenvalue weighted by Crippen LogP contribution is -2.56. The summed E-state index contributed by atoms with van der Waals surface area (Å²) in [5.41, 5.74) is 0. The molecule has 0 aromatic rings. The summed E-state index contributed by atoms with van der Waals surface area (Å²) in [5.74, 6) is 0. The average Bonchev–Trinajstić information content (AvgIpc) is 2.62. The summed E-state index contributed by atoms with van der Waals surface area (Å²) in [6.07, 6.45) is 6.46. The second kappa shape index (κ2) is 11.0. The van der Waals surface area contributed by atoms with Crippen molar-refractivity contribution in [3.8, 4) is 0 Å². The molecule has 0 saturated heterocycles. The van der Waals surface area contributed by atoms with Gasteiger partial charge in [0.2, 0.25) is 0 Å². The molecule has 2 atom stereocenters. The van der Waals surface area contributed by atoms with E-state index in [0.29, 0.717) is 34.9 Å². The number of nitrogens with one attached hydrogen (secondary N) is 4. The summed E-state index contributed by atoms with van der Waals surface area (Å²) >= 11 is 10.8. The van der Waals surface area contributed by atoms with Crippen molar-refractivity contribution in [3.63, 3.8) is 0 Å². The van der Waals surface area contributed by atoms with Crippen LogP contribution in [0.5, 0.6) is 0 Å². The molecule has 0 aliphatic heterocycles. The van der Waals surface area contributed by atoms with E-state index in [-0.39, 0.29) is 12.1 Å². The molecule has 0 spiro atoms. The van der Waals surface area contributed by atoms with Gasteiger partial charge in [0.1, 0.15) is 0 Å². The quantitative estimate of drug-likeness (QED) is 0.335. The SMILES string of the molecule is CCP(=O)(CC)NC(=S)NC1CCCCC1NC(=S)NP(=O)(CC)CC. The van der Waals surface area contributed by atoms with Gasteiger partial charge in [-0.15, -0.1) is 0 Å². The molecule has 0 amide bonds. The first-order valence-corrected chi connectivity index (χ1v) is 14.5. The number of thiocarbonyl (C=S) groups is 2. The van der Waals surface area contributed by atoms with Crippen LogP contribution in [0.25, 0.3) is 0 Å². The Morgan fingerprint density at radius 2 is 1.08 bits per heavy atom. The van der Waals surface area contributed by atoms with E-state index in [0.717, 1.165) is 25.7 Å². The van der Waals surface area contributed by atoms with Gasteiger partial charge in [-0.3, -0.25) is 0 Å². The Balaban J connectivity index is 2.67. The molecular formula is C16H34N4O2P2S2. The zero-order valence-corrected chi connectivity index (χ0v) is 19.8. The molecule has 152 valence electrons. The minimum atomic E-state index is -2.44. The molecule has 1 aliphatic rings. The highest BCUT2D eigenvalue weighted by atomic mass is 32.1. The summed E-state index contributed by atoms with van der Waals surface area (Å²) < 4.78 is 25.1. The van der Waals surface area contributed by atoms with E-state index in [1.54, 1.807) is 0 Å². The third-order valence-electron chi connectivity index (χ3n) is 5.05. The number of hydrogen-bond acceptors (Lipinski definition) is 4. The molecule has 1 rings (SSSR count).